The van der Waals surface area contributed by atoms with Gasteiger partial charge in [-0.1, -0.05) is 41.0 Å². The highest BCUT2D eigenvalue weighted by Gasteiger charge is 2.48. The van der Waals surface area contributed by atoms with E-state index in [4.69, 9.17) is 4.74 Å². The number of Topliss-reactive ketones (excluding diaryl/α,β-unsaturated/α-hetero) is 1. The summed E-state index contributed by atoms with van der Waals surface area (Å²) in [5.41, 5.74) is 0.591. The quantitative estimate of drug-likeness (QED) is 0.450. The Morgan fingerprint density at radius 3 is 2.56 bits per heavy atom. The van der Waals surface area contributed by atoms with Crippen LogP contribution in [0.3, 0.4) is 0 Å². The van der Waals surface area contributed by atoms with Crippen LogP contribution < -0.4 is 0 Å². The molecule has 1 aromatic heterocycles. The van der Waals surface area contributed by atoms with Gasteiger partial charge in [-0.15, -0.1) is 11.3 Å². The van der Waals surface area contributed by atoms with Crippen molar-refractivity contribution in [3.05, 3.63) is 21.7 Å². The summed E-state index contributed by atoms with van der Waals surface area (Å²) in [6.45, 7) is 14.0. The van der Waals surface area contributed by atoms with Gasteiger partial charge in [-0.3, -0.25) is 14.5 Å². The molecule has 2 aliphatic rings. The van der Waals surface area contributed by atoms with Gasteiger partial charge in [0.05, 0.1) is 34.7 Å². The number of aryl methyl sites for hydroxylation is 1. The van der Waals surface area contributed by atoms with Gasteiger partial charge in [-0.05, 0) is 50.8 Å². The summed E-state index contributed by atoms with van der Waals surface area (Å²) in [5, 5.41) is 24.8. The molecule has 2 aliphatic heterocycles. The highest BCUT2D eigenvalue weighted by Crippen LogP contribution is 2.39. The number of ether oxygens (including phenoxy) is 1. The molecule has 0 bridgehead atoms. The maximum atomic E-state index is 13.3. The number of aliphatic hydroxyl groups is 2. The standard InChI is InChI=1S/C28H44N2O5S/c1-8-30-21-11-9-10-16(2)26(33)18(4)27(34)28(6,7)24(31)14-25(32)35-23(13-22(21)30)17(3)12-20-15-36-19(5)29-20/h12,15-16,18,21-24,26,31,33H,8-11,13-14H2,1-7H3/b17-12+. The third-order valence-corrected chi connectivity index (χ3v) is 9.11. The molecule has 8 unspecified atom stereocenters. The number of esters is 1. The van der Waals surface area contributed by atoms with Crippen LogP contribution in [0.25, 0.3) is 6.08 Å². The molecule has 0 aromatic carbocycles. The summed E-state index contributed by atoms with van der Waals surface area (Å²) in [7, 11) is 0. The van der Waals surface area contributed by atoms with E-state index in [-0.39, 0.29) is 18.1 Å². The van der Waals surface area contributed by atoms with Crippen LogP contribution in [0.2, 0.25) is 0 Å². The molecule has 1 aromatic rings. The van der Waals surface area contributed by atoms with E-state index in [9.17, 15) is 19.8 Å². The summed E-state index contributed by atoms with van der Waals surface area (Å²) >= 11 is 1.58. The van der Waals surface area contributed by atoms with Crippen molar-refractivity contribution in [3.63, 3.8) is 0 Å². The van der Waals surface area contributed by atoms with Crippen LogP contribution in [0.5, 0.6) is 0 Å². The minimum Gasteiger partial charge on any atom is -0.458 e. The molecular formula is C28H44N2O5S. The van der Waals surface area contributed by atoms with Crippen LogP contribution in [-0.4, -0.2) is 68.8 Å². The highest BCUT2D eigenvalue weighted by atomic mass is 32.1. The van der Waals surface area contributed by atoms with Gasteiger partial charge in [0.2, 0.25) is 0 Å². The first-order chi connectivity index (χ1) is 16.9. The Bertz CT molecular complexity index is 957. The Labute approximate surface area is 219 Å². The second kappa shape index (κ2) is 11.8. The Kier molecular flexibility index (Phi) is 9.52. The molecule has 8 heteroatoms. The molecule has 2 N–H and O–H groups in total. The number of nitrogens with zero attached hydrogens (tertiary/aromatic N) is 2. The zero-order chi connectivity index (χ0) is 26.8. The van der Waals surface area contributed by atoms with Crippen molar-refractivity contribution in [2.75, 3.05) is 6.54 Å². The minimum absolute atomic E-state index is 0.0264. The number of cyclic esters (lactones) is 1. The van der Waals surface area contributed by atoms with Gasteiger partial charge in [0, 0.05) is 29.8 Å². The first-order valence-electron chi connectivity index (χ1n) is 13.3. The third kappa shape index (κ3) is 6.63. The van der Waals surface area contributed by atoms with Crippen molar-refractivity contribution in [1.82, 2.24) is 9.88 Å². The molecule has 2 fully saturated rings. The van der Waals surface area contributed by atoms with Gasteiger partial charge >= 0.3 is 5.97 Å². The lowest BCUT2D eigenvalue weighted by Crippen LogP contribution is -2.45. The second-order valence-corrected chi connectivity index (χ2v) is 12.4. The average Bonchev–Trinajstić information content (AvgIpc) is 3.32. The van der Waals surface area contributed by atoms with Crippen LogP contribution >= 0.6 is 11.3 Å². The van der Waals surface area contributed by atoms with Crippen molar-refractivity contribution >= 4 is 29.2 Å². The molecule has 0 aliphatic carbocycles. The van der Waals surface area contributed by atoms with Crippen LogP contribution in [0, 0.1) is 24.2 Å². The third-order valence-electron chi connectivity index (χ3n) is 8.32. The molecule has 0 saturated carbocycles. The summed E-state index contributed by atoms with van der Waals surface area (Å²) in [6, 6.07) is 0.745. The number of carbonyl (C=O) groups excluding carboxylic acids is 2. The van der Waals surface area contributed by atoms with Crippen molar-refractivity contribution in [2.45, 2.75) is 111 Å². The van der Waals surface area contributed by atoms with Crippen molar-refractivity contribution in [3.8, 4) is 0 Å². The van der Waals surface area contributed by atoms with Gasteiger partial charge in [-0.2, -0.15) is 0 Å². The van der Waals surface area contributed by atoms with E-state index in [0.29, 0.717) is 18.5 Å². The number of aromatic nitrogens is 1. The molecule has 202 valence electrons. The molecule has 36 heavy (non-hydrogen) atoms. The van der Waals surface area contributed by atoms with E-state index in [1.165, 1.54) is 0 Å². The lowest BCUT2D eigenvalue weighted by molar-refractivity contribution is -0.154. The summed E-state index contributed by atoms with van der Waals surface area (Å²) in [5.74, 6) is -1.42. The molecule has 0 spiro atoms. The van der Waals surface area contributed by atoms with Gasteiger partial charge < -0.3 is 14.9 Å². The van der Waals surface area contributed by atoms with Crippen molar-refractivity contribution in [1.29, 1.82) is 0 Å². The number of aliphatic hydroxyl groups excluding tert-OH is 2. The van der Waals surface area contributed by atoms with E-state index in [2.05, 4.69) is 16.8 Å². The largest absolute Gasteiger partial charge is 0.458 e. The second-order valence-electron chi connectivity index (χ2n) is 11.4. The number of ketones is 1. The number of fused-ring (bicyclic) bond motifs is 1. The number of likely N-dealkylation sites (N-methyl/N-ethyl adjacent to an activating group) is 1. The molecule has 3 heterocycles. The first kappa shape index (κ1) is 29.0. The zero-order valence-electron chi connectivity index (χ0n) is 22.9. The molecular weight excluding hydrogens is 476 g/mol. The summed E-state index contributed by atoms with van der Waals surface area (Å²) in [6.07, 6.45) is 2.77. The Morgan fingerprint density at radius 1 is 1.25 bits per heavy atom. The SMILES string of the molecule is CCN1C2CCCC(C)C(O)C(C)C(=O)C(C)(C)C(O)CC(=O)OC(/C(C)=C/c3csc(C)n3)CC21. The Hall–Kier alpha value is -1.61. The van der Waals surface area contributed by atoms with E-state index >= 15 is 0 Å². The number of rotatable bonds is 3. The number of hydrogen-bond acceptors (Lipinski definition) is 8. The van der Waals surface area contributed by atoms with E-state index in [0.717, 1.165) is 42.1 Å². The molecule has 0 amide bonds. The van der Waals surface area contributed by atoms with E-state index < -0.39 is 35.6 Å². The van der Waals surface area contributed by atoms with Gasteiger partial charge in [-0.25, -0.2) is 4.98 Å². The average molecular weight is 521 g/mol. The van der Waals surface area contributed by atoms with Crippen molar-refractivity contribution in [2.24, 2.45) is 17.3 Å². The fraction of sp³-hybridized carbons (Fsp3) is 0.750. The molecule has 7 nitrogen and oxygen atoms in total. The lowest BCUT2D eigenvalue weighted by Gasteiger charge is -2.34. The fourth-order valence-electron chi connectivity index (χ4n) is 5.67. The Balaban J connectivity index is 1.87. The van der Waals surface area contributed by atoms with E-state index in [1.807, 2.05) is 32.2 Å². The van der Waals surface area contributed by atoms with Crippen LogP contribution in [-0.2, 0) is 14.3 Å². The molecule has 0 radical (unpaired) electrons. The maximum absolute atomic E-state index is 13.3. The first-order valence-corrected chi connectivity index (χ1v) is 14.2. The monoisotopic (exact) mass is 520 g/mol. The Morgan fingerprint density at radius 2 is 1.94 bits per heavy atom. The normalized spacial score (nSPS) is 36.8. The minimum atomic E-state index is -1.21. The molecule has 2 saturated heterocycles. The number of carbonyl (C=O) groups is 2. The predicted octanol–water partition coefficient (Wildman–Crippen LogP) is 4.39. The van der Waals surface area contributed by atoms with Gasteiger partial charge in [0.1, 0.15) is 11.9 Å². The number of hydrogen-bond donors (Lipinski definition) is 2. The molecule has 8 atom stereocenters. The smallest absolute Gasteiger partial charge is 0.309 e. The van der Waals surface area contributed by atoms with Crippen LogP contribution in [0.1, 0.15) is 84.3 Å². The summed E-state index contributed by atoms with van der Waals surface area (Å²) < 4.78 is 5.97. The fourth-order valence-corrected chi connectivity index (χ4v) is 6.24. The maximum Gasteiger partial charge on any atom is 0.309 e. The van der Waals surface area contributed by atoms with Crippen molar-refractivity contribution < 1.29 is 24.5 Å². The van der Waals surface area contributed by atoms with Gasteiger partial charge in [0.15, 0.2) is 0 Å². The van der Waals surface area contributed by atoms with Gasteiger partial charge in [0.25, 0.3) is 0 Å². The lowest BCUT2D eigenvalue weighted by atomic mass is 9.73. The van der Waals surface area contributed by atoms with Crippen LogP contribution in [0.15, 0.2) is 11.0 Å². The highest BCUT2D eigenvalue weighted by molar-refractivity contribution is 7.09. The molecule has 3 rings (SSSR count). The van der Waals surface area contributed by atoms with E-state index in [1.54, 1.807) is 32.1 Å². The summed E-state index contributed by atoms with van der Waals surface area (Å²) in [4.78, 5) is 33.2. The van der Waals surface area contributed by atoms with Crippen LogP contribution in [0.4, 0.5) is 0 Å². The topological polar surface area (TPSA) is 99.7 Å². The predicted molar refractivity (Wildman–Crippen MR) is 143 cm³/mol. The zero-order valence-corrected chi connectivity index (χ0v) is 23.7. The number of thiazole rings is 1.